The third-order valence-corrected chi connectivity index (χ3v) is 11.5. The van der Waals surface area contributed by atoms with Gasteiger partial charge in [0.1, 0.15) is 16.9 Å². The first-order chi connectivity index (χ1) is 29.8. The molecule has 2 atom stereocenters. The maximum absolute atomic E-state index is 13.8. The average Bonchev–Trinajstić information content (AvgIpc) is 4.09. The minimum absolute atomic E-state index is 0.150. The van der Waals surface area contributed by atoms with Crippen molar-refractivity contribution in [2.24, 2.45) is 23.3 Å². The van der Waals surface area contributed by atoms with Gasteiger partial charge in [-0.15, -0.1) is 0 Å². The van der Waals surface area contributed by atoms with Crippen molar-refractivity contribution in [3.63, 3.8) is 0 Å². The molecule has 6 aromatic rings. The van der Waals surface area contributed by atoms with Crippen LogP contribution in [0.15, 0.2) is 42.6 Å². The van der Waals surface area contributed by atoms with Gasteiger partial charge in [0.2, 0.25) is 23.7 Å². The zero-order valence-corrected chi connectivity index (χ0v) is 35.1. The van der Waals surface area contributed by atoms with E-state index in [1.807, 2.05) is 37.5 Å². The van der Waals surface area contributed by atoms with Crippen LogP contribution in [0, 0.1) is 25.7 Å². The van der Waals surface area contributed by atoms with Crippen LogP contribution in [0.25, 0.3) is 22.2 Å². The predicted octanol–water partition coefficient (Wildman–Crippen LogP) is 1.93. The fourth-order valence-corrected chi connectivity index (χ4v) is 8.44. The Kier molecular flexibility index (Phi) is 11.5. The molecule has 8 rings (SSSR count). The van der Waals surface area contributed by atoms with Gasteiger partial charge in [0.15, 0.2) is 5.65 Å². The third-order valence-electron chi connectivity index (χ3n) is 11.5. The smallest absolute Gasteiger partial charge is 0.278 e. The van der Waals surface area contributed by atoms with Gasteiger partial charge in [-0.05, 0) is 76.9 Å². The molecule has 2 fully saturated rings. The van der Waals surface area contributed by atoms with Crippen LogP contribution in [0.4, 0.5) is 23.3 Å². The van der Waals surface area contributed by atoms with Gasteiger partial charge < -0.3 is 37.3 Å². The number of likely N-dealkylation sites (tertiary alicyclic amines) is 1. The molecule has 21 nitrogen and oxygen atoms in total. The van der Waals surface area contributed by atoms with Crippen molar-refractivity contribution >= 4 is 69.1 Å². The Morgan fingerprint density at radius 2 is 1.47 bits per heavy atom. The molecule has 7 heterocycles. The first-order valence-corrected chi connectivity index (χ1v) is 20.7. The van der Waals surface area contributed by atoms with Crippen LogP contribution in [-0.4, -0.2) is 111 Å². The van der Waals surface area contributed by atoms with E-state index in [2.05, 4.69) is 46.3 Å². The number of carbonyl (C=O) groups excluding carboxylic acids is 4. The number of fused-ring (bicyclic) bond motifs is 3. The molecule has 0 aliphatic carbocycles. The van der Waals surface area contributed by atoms with E-state index >= 15 is 0 Å². The van der Waals surface area contributed by atoms with Crippen LogP contribution in [-0.2, 0) is 26.2 Å². The molecule has 2 aliphatic rings. The minimum Gasteiger partial charge on any atom is -0.395 e. The number of imidazole rings is 2. The number of hydrogen-bond acceptors (Lipinski definition) is 13. The van der Waals surface area contributed by atoms with Crippen molar-refractivity contribution in [2.75, 3.05) is 61.0 Å². The topological polar surface area (TPSA) is 282 Å². The van der Waals surface area contributed by atoms with Crippen molar-refractivity contribution in [1.29, 1.82) is 0 Å². The molecule has 21 heteroatoms. The van der Waals surface area contributed by atoms with Crippen molar-refractivity contribution in [3.8, 4) is 0 Å². The molecule has 0 unspecified atom stereocenters. The maximum Gasteiger partial charge on any atom is 0.278 e. The van der Waals surface area contributed by atoms with Crippen molar-refractivity contribution in [1.82, 2.24) is 53.9 Å². The SMILES string of the molecule is CCn1nc(C)cc1C(=O)Nc1nc2cc(C(N)=O)cc(NCCN3C[C@H]4CNC[C@H]4C3)c2n1C/C=C/Cn1c(NC(=O)c2c(N)c(C)nn2CC)nc2cc(C(N)=O)cnc21. The van der Waals surface area contributed by atoms with Crippen molar-refractivity contribution < 1.29 is 19.2 Å². The molecule has 62 heavy (non-hydrogen) atoms. The number of anilines is 4. The third kappa shape index (κ3) is 8.06. The number of allylic oxidation sites excluding steroid dienone is 2. The van der Waals surface area contributed by atoms with Gasteiger partial charge in [-0.3, -0.25) is 43.7 Å². The first-order valence-electron chi connectivity index (χ1n) is 20.7. The Morgan fingerprint density at radius 1 is 0.823 bits per heavy atom. The number of benzene rings is 1. The van der Waals surface area contributed by atoms with Gasteiger partial charge in [-0.1, -0.05) is 12.2 Å². The Morgan fingerprint density at radius 3 is 2.16 bits per heavy atom. The van der Waals surface area contributed by atoms with Gasteiger partial charge in [-0.2, -0.15) is 10.2 Å². The van der Waals surface area contributed by atoms with E-state index in [1.165, 1.54) is 16.9 Å². The van der Waals surface area contributed by atoms with Crippen LogP contribution < -0.4 is 38.5 Å². The number of pyridine rings is 1. The molecule has 4 amide bonds. The number of nitrogens with zero attached hydrogens (tertiary/aromatic N) is 10. The summed E-state index contributed by atoms with van der Waals surface area (Å²) in [6.45, 7) is 14.1. The zero-order valence-electron chi connectivity index (χ0n) is 35.1. The molecule has 0 spiro atoms. The zero-order chi connectivity index (χ0) is 43.8. The molecule has 0 bridgehead atoms. The normalized spacial score (nSPS) is 16.5. The molecule has 324 valence electrons. The number of primary amides is 2. The summed E-state index contributed by atoms with van der Waals surface area (Å²) in [7, 11) is 0. The van der Waals surface area contributed by atoms with Gasteiger partial charge in [0, 0.05) is 64.1 Å². The molecule has 1 aromatic carbocycles. The summed E-state index contributed by atoms with van der Waals surface area (Å²) in [5.74, 6) is -0.522. The first kappa shape index (κ1) is 41.6. The second-order valence-corrected chi connectivity index (χ2v) is 15.7. The Balaban J connectivity index is 1.13. The Bertz CT molecular complexity index is 2750. The maximum atomic E-state index is 13.8. The number of aromatic nitrogens is 9. The summed E-state index contributed by atoms with van der Waals surface area (Å²) in [5.41, 5.74) is 22.5. The van der Waals surface area contributed by atoms with Crippen LogP contribution in [0.3, 0.4) is 0 Å². The number of aryl methyl sites for hydroxylation is 4. The molecular formula is C41H51N17O4. The van der Waals surface area contributed by atoms with E-state index < -0.39 is 23.6 Å². The Hall–Kier alpha value is -7.13. The number of hydrogen-bond donors (Lipinski definition) is 7. The predicted molar refractivity (Wildman–Crippen MR) is 234 cm³/mol. The summed E-state index contributed by atoms with van der Waals surface area (Å²) in [5, 5.41) is 21.7. The highest BCUT2D eigenvalue weighted by atomic mass is 16.2. The molecule has 10 N–H and O–H groups in total. The van der Waals surface area contributed by atoms with Gasteiger partial charge in [0.05, 0.1) is 39.4 Å². The molecule has 2 saturated heterocycles. The van der Waals surface area contributed by atoms with E-state index in [-0.39, 0.29) is 47.5 Å². The van der Waals surface area contributed by atoms with E-state index in [4.69, 9.17) is 22.2 Å². The van der Waals surface area contributed by atoms with E-state index in [1.54, 1.807) is 34.4 Å². The molecule has 0 saturated carbocycles. The molecular weight excluding hydrogens is 795 g/mol. The lowest BCUT2D eigenvalue weighted by atomic mass is 10.0. The highest BCUT2D eigenvalue weighted by Crippen LogP contribution is 2.31. The van der Waals surface area contributed by atoms with Crippen LogP contribution in [0.5, 0.6) is 0 Å². The number of carbonyl (C=O) groups is 4. The van der Waals surface area contributed by atoms with Crippen molar-refractivity contribution in [3.05, 3.63) is 76.5 Å². The van der Waals surface area contributed by atoms with Gasteiger partial charge >= 0.3 is 0 Å². The number of rotatable bonds is 16. The highest BCUT2D eigenvalue weighted by Gasteiger charge is 2.35. The summed E-state index contributed by atoms with van der Waals surface area (Å²) in [6, 6.07) is 6.55. The molecule has 5 aromatic heterocycles. The number of nitrogen functional groups attached to an aromatic ring is 1. The lowest BCUT2D eigenvalue weighted by Gasteiger charge is -2.18. The molecule has 2 aliphatic heterocycles. The number of amides is 4. The quantitative estimate of drug-likeness (QED) is 0.0687. The summed E-state index contributed by atoms with van der Waals surface area (Å²) >= 11 is 0. The fourth-order valence-electron chi connectivity index (χ4n) is 8.44. The van der Waals surface area contributed by atoms with E-state index in [0.717, 1.165) is 32.7 Å². The fraction of sp³-hybridized carbons (Fsp3) is 0.390. The average molecular weight is 846 g/mol. The van der Waals surface area contributed by atoms with Crippen molar-refractivity contribution in [2.45, 2.75) is 53.9 Å². The van der Waals surface area contributed by atoms with Crippen LogP contribution >= 0.6 is 0 Å². The lowest BCUT2D eigenvalue weighted by molar-refractivity contribution is 0.0992. The summed E-state index contributed by atoms with van der Waals surface area (Å²) in [4.78, 5) is 68.5. The monoisotopic (exact) mass is 845 g/mol. The lowest BCUT2D eigenvalue weighted by Crippen LogP contribution is -2.30. The number of nitrogens with one attached hydrogen (secondary N) is 4. The second kappa shape index (κ2) is 17.1. The standard InChI is InChI=1S/C41H51N17O4/c1-5-57-31(13-22(3)52-57)38(61)50-40-48-29-15-24(35(43)59)14-28(46-9-12-54-20-26-17-45-18-27(26)21-54)33(29)55(40)10-7-8-11-56-37-30(16-25(19-47-37)36(44)60)49-41(56)51-39(62)34-32(42)23(4)53-58(34)6-2/h7-8,13-16,19,26-27,45-46H,5-6,9-12,17-18,20-21,42H2,1-4H3,(H2,43,59)(H2,44,60)(H,48,50,61)(H,49,51,62)/b8-7+/t26-,27+. The van der Waals surface area contributed by atoms with Gasteiger partial charge in [-0.25, -0.2) is 15.0 Å². The van der Waals surface area contributed by atoms with E-state index in [0.29, 0.717) is 76.4 Å². The molecule has 0 radical (unpaired) electrons. The largest absolute Gasteiger partial charge is 0.395 e. The highest BCUT2D eigenvalue weighted by molar-refractivity contribution is 6.07. The Labute approximate surface area is 356 Å². The summed E-state index contributed by atoms with van der Waals surface area (Å²) in [6.07, 6.45) is 5.08. The van der Waals surface area contributed by atoms with Crippen LogP contribution in [0.2, 0.25) is 0 Å². The summed E-state index contributed by atoms with van der Waals surface area (Å²) < 4.78 is 6.67. The minimum atomic E-state index is -0.674. The number of nitrogens with two attached hydrogens (primary N) is 3. The second-order valence-electron chi connectivity index (χ2n) is 15.7. The van der Waals surface area contributed by atoms with Gasteiger partial charge in [0.25, 0.3) is 11.8 Å². The van der Waals surface area contributed by atoms with E-state index in [9.17, 15) is 19.2 Å². The van der Waals surface area contributed by atoms with Crippen LogP contribution in [0.1, 0.15) is 66.9 Å².